The van der Waals surface area contributed by atoms with E-state index in [1.807, 2.05) is 12.1 Å². The minimum Gasteiger partial charge on any atom is -0.373 e. The number of ether oxygens (including phenoxy) is 1. The number of rotatable bonds is 7. The highest BCUT2D eigenvalue weighted by Gasteiger charge is 2.22. The van der Waals surface area contributed by atoms with Crippen LogP contribution in [0.2, 0.25) is 0 Å². The Morgan fingerprint density at radius 3 is 2.04 bits per heavy atom. The second-order valence-electron chi connectivity index (χ2n) is 6.25. The van der Waals surface area contributed by atoms with Crippen molar-refractivity contribution in [2.45, 2.75) is 25.2 Å². The third kappa shape index (κ3) is 4.99. The Balaban J connectivity index is 1.64. The molecule has 4 heteroatoms. The molecule has 1 heterocycles. The van der Waals surface area contributed by atoms with Crippen molar-refractivity contribution in [1.29, 1.82) is 0 Å². The third-order valence-electron chi connectivity index (χ3n) is 4.24. The smallest absolute Gasteiger partial charge is 0.139 e. The van der Waals surface area contributed by atoms with Crippen LogP contribution in [0.5, 0.6) is 0 Å². The van der Waals surface area contributed by atoms with Crippen LogP contribution in [0.25, 0.3) is 0 Å². The Bertz CT molecular complexity index is 569. The van der Waals surface area contributed by atoms with Gasteiger partial charge in [0.1, 0.15) is 6.29 Å². The zero-order chi connectivity index (χ0) is 16.6. The summed E-state index contributed by atoms with van der Waals surface area (Å²) < 4.78 is 5.85. The molecule has 1 fully saturated rings. The third-order valence-corrected chi connectivity index (χ3v) is 4.24. The minimum absolute atomic E-state index is 0.105. The monoisotopic (exact) mass is 324 g/mol. The van der Waals surface area contributed by atoms with Gasteiger partial charge in [-0.15, -0.1) is 0 Å². The lowest BCUT2D eigenvalue weighted by Crippen LogP contribution is -2.50. The maximum absolute atomic E-state index is 10.8. The van der Waals surface area contributed by atoms with E-state index >= 15 is 0 Å². The van der Waals surface area contributed by atoms with Crippen LogP contribution >= 0.6 is 0 Å². The van der Waals surface area contributed by atoms with Gasteiger partial charge in [0.25, 0.3) is 0 Å². The van der Waals surface area contributed by atoms with E-state index < -0.39 is 0 Å². The van der Waals surface area contributed by atoms with Gasteiger partial charge in [0.2, 0.25) is 0 Å². The Morgan fingerprint density at radius 1 is 1.00 bits per heavy atom. The normalized spacial score (nSPS) is 20.9. The van der Waals surface area contributed by atoms with Crippen LogP contribution in [0, 0.1) is 0 Å². The Kier molecular flexibility index (Phi) is 6.13. The van der Waals surface area contributed by atoms with Gasteiger partial charge in [0.15, 0.2) is 0 Å². The van der Waals surface area contributed by atoms with E-state index in [1.54, 1.807) is 0 Å². The topological polar surface area (TPSA) is 41.6 Å². The zero-order valence-electron chi connectivity index (χ0n) is 13.8. The number of benzene rings is 2. The van der Waals surface area contributed by atoms with Crippen LogP contribution < -0.4 is 5.32 Å². The van der Waals surface area contributed by atoms with E-state index in [1.165, 1.54) is 11.1 Å². The maximum Gasteiger partial charge on any atom is 0.139 e. The SMILES string of the molecule is O=CC1COC(CN(Cc2ccccc2)Cc2ccccc2)CN1. The number of carbonyl (C=O) groups is 1. The quantitative estimate of drug-likeness (QED) is 0.793. The first-order chi connectivity index (χ1) is 11.8. The molecule has 126 valence electrons. The molecule has 0 bridgehead atoms. The molecule has 2 aromatic carbocycles. The second kappa shape index (κ2) is 8.73. The van der Waals surface area contributed by atoms with Crippen molar-refractivity contribution in [1.82, 2.24) is 10.2 Å². The molecule has 3 rings (SSSR count). The van der Waals surface area contributed by atoms with Crippen molar-refractivity contribution in [2.75, 3.05) is 19.7 Å². The summed E-state index contributed by atoms with van der Waals surface area (Å²) in [6, 6.07) is 20.8. The van der Waals surface area contributed by atoms with Crippen LogP contribution in [-0.2, 0) is 22.6 Å². The summed E-state index contributed by atoms with van der Waals surface area (Å²) in [6.45, 7) is 3.77. The number of hydrogen-bond donors (Lipinski definition) is 1. The average Bonchev–Trinajstić information content (AvgIpc) is 2.64. The predicted molar refractivity (Wildman–Crippen MR) is 94.6 cm³/mol. The molecule has 2 unspecified atom stereocenters. The highest BCUT2D eigenvalue weighted by Crippen LogP contribution is 2.12. The number of hydrogen-bond acceptors (Lipinski definition) is 4. The Hall–Kier alpha value is -2.01. The fourth-order valence-corrected chi connectivity index (χ4v) is 3.00. The molecule has 1 aliphatic heterocycles. The van der Waals surface area contributed by atoms with E-state index in [-0.39, 0.29) is 12.1 Å². The largest absolute Gasteiger partial charge is 0.373 e. The molecule has 0 aromatic heterocycles. The molecule has 1 aliphatic rings. The fourth-order valence-electron chi connectivity index (χ4n) is 3.00. The first-order valence-corrected chi connectivity index (χ1v) is 8.44. The van der Waals surface area contributed by atoms with Gasteiger partial charge in [0, 0.05) is 26.2 Å². The second-order valence-corrected chi connectivity index (χ2v) is 6.25. The lowest BCUT2D eigenvalue weighted by atomic mass is 10.1. The highest BCUT2D eigenvalue weighted by atomic mass is 16.5. The van der Waals surface area contributed by atoms with E-state index in [2.05, 4.69) is 58.7 Å². The van der Waals surface area contributed by atoms with Crippen LogP contribution in [0.4, 0.5) is 0 Å². The molecular formula is C20H24N2O2. The maximum atomic E-state index is 10.8. The molecule has 0 saturated carbocycles. The van der Waals surface area contributed by atoms with Gasteiger partial charge in [0.05, 0.1) is 18.8 Å². The summed E-state index contributed by atoms with van der Waals surface area (Å²) in [6.07, 6.45) is 1.02. The van der Waals surface area contributed by atoms with Crippen molar-refractivity contribution >= 4 is 6.29 Å². The molecule has 2 atom stereocenters. The molecule has 4 nitrogen and oxygen atoms in total. The van der Waals surface area contributed by atoms with Crippen LogP contribution in [-0.4, -0.2) is 43.0 Å². The van der Waals surface area contributed by atoms with Gasteiger partial charge < -0.3 is 14.8 Å². The van der Waals surface area contributed by atoms with Crippen LogP contribution in [0.1, 0.15) is 11.1 Å². The summed E-state index contributed by atoms with van der Waals surface area (Å²) in [7, 11) is 0. The number of nitrogens with zero attached hydrogens (tertiary/aromatic N) is 1. The molecule has 0 radical (unpaired) electrons. The number of carbonyl (C=O) groups excluding carboxylic acids is 1. The molecule has 0 amide bonds. The summed E-state index contributed by atoms with van der Waals surface area (Å²) in [5.74, 6) is 0. The highest BCUT2D eigenvalue weighted by molar-refractivity contribution is 5.57. The molecule has 2 aromatic rings. The van der Waals surface area contributed by atoms with Crippen molar-refractivity contribution in [3.63, 3.8) is 0 Å². The number of aldehydes is 1. The van der Waals surface area contributed by atoms with Crippen molar-refractivity contribution in [3.05, 3.63) is 71.8 Å². The zero-order valence-corrected chi connectivity index (χ0v) is 13.8. The van der Waals surface area contributed by atoms with Gasteiger partial charge in [-0.25, -0.2) is 0 Å². The molecule has 0 spiro atoms. The lowest BCUT2D eigenvalue weighted by Gasteiger charge is -2.32. The summed E-state index contributed by atoms with van der Waals surface area (Å²) in [5.41, 5.74) is 2.59. The van der Waals surface area contributed by atoms with Gasteiger partial charge in [-0.3, -0.25) is 4.90 Å². The van der Waals surface area contributed by atoms with Crippen molar-refractivity contribution < 1.29 is 9.53 Å². The molecular weight excluding hydrogens is 300 g/mol. The van der Waals surface area contributed by atoms with E-state index in [0.717, 1.165) is 25.9 Å². The molecule has 24 heavy (non-hydrogen) atoms. The predicted octanol–water partition coefficient (Wildman–Crippen LogP) is 2.24. The van der Waals surface area contributed by atoms with E-state index in [4.69, 9.17) is 4.74 Å². The Morgan fingerprint density at radius 2 is 1.58 bits per heavy atom. The van der Waals surface area contributed by atoms with Gasteiger partial charge in [-0.1, -0.05) is 60.7 Å². The minimum atomic E-state index is -0.169. The molecule has 1 saturated heterocycles. The fraction of sp³-hybridized carbons (Fsp3) is 0.350. The van der Waals surface area contributed by atoms with Gasteiger partial charge >= 0.3 is 0 Å². The van der Waals surface area contributed by atoms with Crippen molar-refractivity contribution in [2.24, 2.45) is 0 Å². The lowest BCUT2D eigenvalue weighted by molar-refractivity contribution is -0.114. The Labute approximate surface area is 143 Å². The first kappa shape index (κ1) is 16.8. The first-order valence-electron chi connectivity index (χ1n) is 8.44. The summed E-state index contributed by atoms with van der Waals surface area (Å²) in [5, 5.41) is 3.23. The standard InChI is InChI=1S/C20H24N2O2/c23-15-19-16-24-20(11-21-19)14-22(12-17-7-3-1-4-8-17)13-18-9-5-2-6-10-18/h1-10,15,19-21H,11-14,16H2. The number of morpholine rings is 1. The average molecular weight is 324 g/mol. The van der Waals surface area contributed by atoms with Gasteiger partial charge in [-0.05, 0) is 11.1 Å². The van der Waals surface area contributed by atoms with Gasteiger partial charge in [-0.2, -0.15) is 0 Å². The summed E-state index contributed by atoms with van der Waals surface area (Å²) >= 11 is 0. The van der Waals surface area contributed by atoms with Crippen LogP contribution in [0.15, 0.2) is 60.7 Å². The molecule has 1 N–H and O–H groups in total. The summed E-state index contributed by atoms with van der Waals surface area (Å²) in [4.78, 5) is 13.2. The molecule has 0 aliphatic carbocycles. The van der Waals surface area contributed by atoms with Crippen molar-refractivity contribution in [3.8, 4) is 0 Å². The van der Waals surface area contributed by atoms with E-state index in [9.17, 15) is 4.79 Å². The van der Waals surface area contributed by atoms with Crippen LogP contribution in [0.3, 0.4) is 0 Å². The number of nitrogens with one attached hydrogen (secondary N) is 1. The van der Waals surface area contributed by atoms with E-state index in [0.29, 0.717) is 13.2 Å².